The van der Waals surface area contributed by atoms with E-state index in [1.54, 1.807) is 31.2 Å². The first-order chi connectivity index (χ1) is 16.8. The van der Waals surface area contributed by atoms with Gasteiger partial charge in [0.15, 0.2) is 5.13 Å². The van der Waals surface area contributed by atoms with Gasteiger partial charge in [-0.15, -0.1) is 0 Å². The number of hydrogen-bond acceptors (Lipinski definition) is 7. The van der Waals surface area contributed by atoms with Crippen LogP contribution in [0.3, 0.4) is 0 Å². The third-order valence-electron chi connectivity index (χ3n) is 6.43. The minimum atomic E-state index is -3.56. The Morgan fingerprint density at radius 3 is 2.37 bits per heavy atom. The minimum Gasteiger partial charge on any atom is -0.497 e. The summed E-state index contributed by atoms with van der Waals surface area (Å²) in [4.78, 5) is 22.5. The number of carbonyl (C=O) groups excluding carboxylic acids is 1. The van der Waals surface area contributed by atoms with Gasteiger partial charge < -0.3 is 9.64 Å². The van der Waals surface area contributed by atoms with Crippen molar-refractivity contribution in [3.8, 4) is 5.75 Å². The summed E-state index contributed by atoms with van der Waals surface area (Å²) in [5, 5.41) is 0.607. The van der Waals surface area contributed by atoms with E-state index in [1.807, 2.05) is 18.2 Å². The first-order valence-electron chi connectivity index (χ1n) is 11.8. The maximum atomic E-state index is 13.6. The van der Waals surface area contributed by atoms with E-state index < -0.39 is 10.0 Å². The van der Waals surface area contributed by atoms with Crippen LogP contribution in [0.15, 0.2) is 47.4 Å². The molecule has 2 aromatic carbocycles. The molecule has 1 heterocycles. The van der Waals surface area contributed by atoms with Crippen molar-refractivity contribution in [2.75, 3.05) is 45.2 Å². The van der Waals surface area contributed by atoms with E-state index in [2.05, 4.69) is 18.7 Å². The second kappa shape index (κ2) is 10.6. The third-order valence-corrected chi connectivity index (χ3v) is 9.40. The number of carbonyl (C=O) groups is 1. The molecule has 0 aliphatic heterocycles. The van der Waals surface area contributed by atoms with Crippen molar-refractivity contribution in [3.05, 3.63) is 48.0 Å². The van der Waals surface area contributed by atoms with Crippen molar-refractivity contribution in [1.82, 2.24) is 14.2 Å². The molecule has 10 heteroatoms. The fourth-order valence-electron chi connectivity index (χ4n) is 3.93. The summed E-state index contributed by atoms with van der Waals surface area (Å²) in [7, 11) is -0.329. The van der Waals surface area contributed by atoms with E-state index >= 15 is 0 Å². The summed E-state index contributed by atoms with van der Waals surface area (Å²) in [6.45, 7) is 7.14. The molecule has 188 valence electrons. The van der Waals surface area contributed by atoms with Gasteiger partial charge in [-0.1, -0.05) is 25.2 Å². The van der Waals surface area contributed by atoms with Crippen LogP contribution in [-0.4, -0.2) is 74.9 Å². The van der Waals surface area contributed by atoms with Gasteiger partial charge >= 0.3 is 0 Å². The molecule has 1 saturated carbocycles. The lowest BCUT2D eigenvalue weighted by Crippen LogP contribution is -2.38. The van der Waals surface area contributed by atoms with E-state index in [-0.39, 0.29) is 16.8 Å². The number of amides is 1. The summed E-state index contributed by atoms with van der Waals surface area (Å²) < 4.78 is 33.4. The van der Waals surface area contributed by atoms with Crippen LogP contribution in [0.2, 0.25) is 0 Å². The van der Waals surface area contributed by atoms with Crippen LogP contribution in [0.5, 0.6) is 5.75 Å². The molecule has 1 aliphatic carbocycles. The predicted molar refractivity (Wildman–Crippen MR) is 140 cm³/mol. The highest BCUT2D eigenvalue weighted by Crippen LogP contribution is 2.33. The monoisotopic (exact) mass is 516 g/mol. The molecule has 4 rings (SSSR count). The Kier molecular flexibility index (Phi) is 7.75. The fraction of sp³-hybridized carbons (Fsp3) is 0.440. The highest BCUT2D eigenvalue weighted by atomic mass is 32.2. The average molecular weight is 517 g/mol. The third kappa shape index (κ3) is 5.50. The van der Waals surface area contributed by atoms with Gasteiger partial charge in [0.25, 0.3) is 5.91 Å². The number of anilines is 1. The maximum absolute atomic E-state index is 13.6. The highest BCUT2D eigenvalue weighted by molar-refractivity contribution is 7.89. The lowest BCUT2D eigenvalue weighted by molar-refractivity contribution is 0.0983. The Balaban J connectivity index is 1.63. The van der Waals surface area contributed by atoms with E-state index in [9.17, 15) is 13.2 Å². The molecule has 0 radical (unpaired) electrons. The second-order valence-electron chi connectivity index (χ2n) is 8.59. The summed E-state index contributed by atoms with van der Waals surface area (Å²) in [6, 6.07) is 12.0. The van der Waals surface area contributed by atoms with E-state index in [0.29, 0.717) is 23.8 Å². The fourth-order valence-corrected chi connectivity index (χ4v) is 6.36. The molecule has 1 aliphatic rings. The molecule has 0 N–H and O–H groups in total. The molecular weight excluding hydrogens is 484 g/mol. The van der Waals surface area contributed by atoms with E-state index in [1.165, 1.54) is 27.8 Å². The van der Waals surface area contributed by atoms with Gasteiger partial charge in [-0.2, -0.15) is 4.31 Å². The predicted octanol–water partition coefficient (Wildman–Crippen LogP) is 4.08. The first-order valence-corrected chi connectivity index (χ1v) is 14.1. The summed E-state index contributed by atoms with van der Waals surface area (Å²) >= 11 is 1.44. The number of nitrogens with zero attached hydrogens (tertiary/aromatic N) is 4. The normalized spacial score (nSPS) is 14.1. The number of thiazole rings is 1. The minimum absolute atomic E-state index is 0.0783. The molecule has 1 aromatic heterocycles. The maximum Gasteiger partial charge on any atom is 0.260 e. The average Bonchev–Trinajstić information content (AvgIpc) is 3.64. The van der Waals surface area contributed by atoms with Crippen LogP contribution in [-0.2, 0) is 10.0 Å². The molecule has 0 atom stereocenters. The second-order valence-corrected chi connectivity index (χ2v) is 11.6. The van der Waals surface area contributed by atoms with Crippen LogP contribution in [0.4, 0.5) is 5.13 Å². The molecule has 8 nitrogen and oxygen atoms in total. The smallest absolute Gasteiger partial charge is 0.260 e. The lowest BCUT2D eigenvalue weighted by Gasteiger charge is -2.25. The zero-order chi connectivity index (χ0) is 25.2. The van der Waals surface area contributed by atoms with Crippen LogP contribution < -0.4 is 9.64 Å². The number of hydrogen-bond donors (Lipinski definition) is 0. The van der Waals surface area contributed by atoms with Gasteiger partial charge in [-0.05, 0) is 68.4 Å². The molecule has 1 fully saturated rings. The first kappa shape index (κ1) is 25.6. The topological polar surface area (TPSA) is 83.1 Å². The largest absolute Gasteiger partial charge is 0.497 e. The number of likely N-dealkylation sites (N-methyl/N-ethyl adjacent to an activating group) is 1. The molecule has 0 unspecified atom stereocenters. The number of benzene rings is 2. The van der Waals surface area contributed by atoms with Crippen molar-refractivity contribution < 1.29 is 17.9 Å². The number of aromatic nitrogens is 1. The van der Waals surface area contributed by atoms with Crippen molar-refractivity contribution in [1.29, 1.82) is 0 Å². The van der Waals surface area contributed by atoms with Gasteiger partial charge in [0.1, 0.15) is 5.75 Å². The summed E-state index contributed by atoms with van der Waals surface area (Å²) in [6.07, 6.45) is 1.78. The van der Waals surface area contributed by atoms with Crippen LogP contribution in [0.1, 0.15) is 37.0 Å². The number of sulfonamides is 1. The SMILES string of the molecule is CCN(CC)CCN(C(=O)c1ccc(S(=O)(=O)N(C)C2CC2)cc1)c1nc2ccc(OC)cc2s1. The Morgan fingerprint density at radius 2 is 1.77 bits per heavy atom. The number of ether oxygens (including phenoxy) is 1. The van der Waals surface area contributed by atoms with Crippen molar-refractivity contribution in [2.24, 2.45) is 0 Å². The van der Waals surface area contributed by atoms with E-state index in [0.717, 1.165) is 41.9 Å². The highest BCUT2D eigenvalue weighted by Gasteiger charge is 2.35. The molecule has 0 spiro atoms. The number of fused-ring (bicyclic) bond motifs is 1. The van der Waals surface area contributed by atoms with Gasteiger partial charge in [0.2, 0.25) is 10.0 Å². The van der Waals surface area contributed by atoms with Crippen molar-refractivity contribution in [3.63, 3.8) is 0 Å². The van der Waals surface area contributed by atoms with Gasteiger partial charge in [-0.3, -0.25) is 9.69 Å². The zero-order valence-electron chi connectivity index (χ0n) is 20.6. The Morgan fingerprint density at radius 1 is 1.09 bits per heavy atom. The number of rotatable bonds is 11. The van der Waals surface area contributed by atoms with Crippen LogP contribution in [0, 0.1) is 0 Å². The van der Waals surface area contributed by atoms with Crippen molar-refractivity contribution in [2.45, 2.75) is 37.6 Å². The van der Waals surface area contributed by atoms with Gasteiger partial charge in [-0.25, -0.2) is 13.4 Å². The Labute approximate surface area is 211 Å². The molecule has 0 saturated heterocycles. The van der Waals surface area contributed by atoms with Crippen molar-refractivity contribution >= 4 is 42.6 Å². The lowest BCUT2D eigenvalue weighted by atomic mass is 10.2. The summed E-state index contributed by atoms with van der Waals surface area (Å²) in [5.41, 5.74) is 1.23. The van der Waals surface area contributed by atoms with Crippen LogP contribution in [0.25, 0.3) is 10.2 Å². The Bertz CT molecular complexity index is 1280. The molecule has 1 amide bonds. The van der Waals surface area contributed by atoms with Gasteiger partial charge in [0.05, 0.1) is 22.2 Å². The van der Waals surface area contributed by atoms with Gasteiger partial charge in [0, 0.05) is 31.7 Å². The molecule has 0 bridgehead atoms. The molecule has 35 heavy (non-hydrogen) atoms. The summed E-state index contributed by atoms with van der Waals surface area (Å²) in [5.74, 6) is 0.532. The number of methoxy groups -OCH3 is 1. The quantitative estimate of drug-likeness (QED) is 0.382. The molecular formula is C25H32N4O4S2. The van der Waals surface area contributed by atoms with Crippen LogP contribution >= 0.6 is 11.3 Å². The van der Waals surface area contributed by atoms with E-state index in [4.69, 9.17) is 9.72 Å². The standard InChI is InChI=1S/C25H32N4O4S2/c1-5-28(6-2)15-16-29(25-26-22-14-11-20(33-4)17-23(22)34-25)24(30)18-7-12-21(13-8-18)35(31,32)27(3)19-9-10-19/h7-8,11-14,17,19H,5-6,9-10,15-16H2,1-4H3. The molecule has 3 aromatic rings. The Hall–Kier alpha value is -2.53. The zero-order valence-corrected chi connectivity index (χ0v) is 22.2.